The first-order chi connectivity index (χ1) is 8.31. The molecule has 1 aromatic carbocycles. The van der Waals surface area contributed by atoms with Gasteiger partial charge < -0.3 is 9.47 Å². The number of hydrogen-bond donors (Lipinski definition) is 2. The van der Waals surface area contributed by atoms with Gasteiger partial charge in [-0.15, -0.1) is 0 Å². The van der Waals surface area contributed by atoms with E-state index in [0.29, 0.717) is 13.2 Å². The fourth-order valence-electron chi connectivity index (χ4n) is 1.65. The number of nitrogens with one attached hydrogen (secondary N) is 1. The number of ether oxygens (including phenoxy) is 2. The van der Waals surface area contributed by atoms with Crippen LogP contribution in [0, 0.1) is 0 Å². The summed E-state index contributed by atoms with van der Waals surface area (Å²) in [5, 5.41) is 0. The molecular weight excluding hydrogens is 216 g/mol. The first kappa shape index (κ1) is 14.0. The molecule has 0 aliphatic rings. The molecule has 0 heterocycles. The van der Waals surface area contributed by atoms with Crippen molar-refractivity contribution in [2.45, 2.75) is 26.3 Å². The molecule has 4 heteroatoms. The summed E-state index contributed by atoms with van der Waals surface area (Å²) < 4.78 is 10.7. The van der Waals surface area contributed by atoms with E-state index < -0.39 is 0 Å². The van der Waals surface area contributed by atoms with Crippen molar-refractivity contribution in [3.8, 4) is 5.75 Å². The second-order valence-electron chi connectivity index (χ2n) is 3.71. The molecule has 1 rings (SSSR count). The van der Waals surface area contributed by atoms with Gasteiger partial charge in [0.2, 0.25) is 0 Å². The highest BCUT2D eigenvalue weighted by atomic mass is 16.5. The molecule has 0 aliphatic heterocycles. The minimum Gasteiger partial charge on any atom is -0.494 e. The summed E-state index contributed by atoms with van der Waals surface area (Å²) in [5.74, 6) is 6.43. The number of nitrogens with two attached hydrogens (primary N) is 1. The maximum absolute atomic E-state index is 5.55. The van der Waals surface area contributed by atoms with Crippen molar-refractivity contribution in [2.24, 2.45) is 5.84 Å². The van der Waals surface area contributed by atoms with Gasteiger partial charge in [0.1, 0.15) is 5.75 Å². The molecule has 3 N–H and O–H groups in total. The standard InChI is InChI=1S/C13H22N2O2/c1-3-16-10-9-13(15-14)11-5-7-12(8-6-11)17-4-2/h5-8,13,15H,3-4,9-10,14H2,1-2H3. The lowest BCUT2D eigenvalue weighted by Gasteiger charge is -2.16. The molecule has 0 saturated carbocycles. The molecule has 1 unspecified atom stereocenters. The van der Waals surface area contributed by atoms with Crippen LogP contribution in [0.3, 0.4) is 0 Å². The van der Waals surface area contributed by atoms with E-state index in [1.807, 2.05) is 38.1 Å². The first-order valence-corrected chi connectivity index (χ1v) is 6.08. The Labute approximate surface area is 103 Å². The van der Waals surface area contributed by atoms with Gasteiger partial charge in [-0.3, -0.25) is 11.3 Å². The Kier molecular flexibility index (Phi) is 6.62. The molecule has 0 amide bonds. The molecule has 0 spiro atoms. The van der Waals surface area contributed by atoms with Crippen LogP contribution in [0.25, 0.3) is 0 Å². The van der Waals surface area contributed by atoms with E-state index >= 15 is 0 Å². The quantitative estimate of drug-likeness (QED) is 0.413. The fourth-order valence-corrected chi connectivity index (χ4v) is 1.65. The smallest absolute Gasteiger partial charge is 0.119 e. The van der Waals surface area contributed by atoms with Crippen LogP contribution >= 0.6 is 0 Å². The number of benzene rings is 1. The van der Waals surface area contributed by atoms with Crippen molar-refractivity contribution in [1.29, 1.82) is 0 Å². The maximum atomic E-state index is 5.55. The second kappa shape index (κ2) is 8.06. The summed E-state index contributed by atoms with van der Waals surface area (Å²) in [7, 11) is 0. The van der Waals surface area contributed by atoms with Crippen LogP contribution in [0.4, 0.5) is 0 Å². The normalized spacial score (nSPS) is 12.4. The zero-order valence-corrected chi connectivity index (χ0v) is 10.6. The minimum absolute atomic E-state index is 0.122. The molecule has 1 atom stereocenters. The van der Waals surface area contributed by atoms with Gasteiger partial charge in [0.25, 0.3) is 0 Å². The van der Waals surface area contributed by atoms with Crippen molar-refractivity contribution in [3.63, 3.8) is 0 Å². The summed E-state index contributed by atoms with van der Waals surface area (Å²) >= 11 is 0. The van der Waals surface area contributed by atoms with Gasteiger partial charge in [-0.2, -0.15) is 0 Å². The monoisotopic (exact) mass is 238 g/mol. The van der Waals surface area contributed by atoms with Crippen LogP contribution in [0.15, 0.2) is 24.3 Å². The van der Waals surface area contributed by atoms with Crippen molar-refractivity contribution in [2.75, 3.05) is 19.8 Å². The topological polar surface area (TPSA) is 56.5 Å². The summed E-state index contributed by atoms with van der Waals surface area (Å²) in [6.45, 7) is 6.09. The average molecular weight is 238 g/mol. The van der Waals surface area contributed by atoms with Gasteiger partial charge >= 0.3 is 0 Å². The molecule has 96 valence electrons. The second-order valence-corrected chi connectivity index (χ2v) is 3.71. The zero-order chi connectivity index (χ0) is 12.5. The predicted molar refractivity (Wildman–Crippen MR) is 68.8 cm³/mol. The van der Waals surface area contributed by atoms with Crippen molar-refractivity contribution in [3.05, 3.63) is 29.8 Å². The van der Waals surface area contributed by atoms with E-state index in [0.717, 1.165) is 24.3 Å². The van der Waals surface area contributed by atoms with E-state index in [2.05, 4.69) is 5.43 Å². The molecule has 17 heavy (non-hydrogen) atoms. The predicted octanol–water partition coefficient (Wildman–Crippen LogP) is 2.02. The zero-order valence-electron chi connectivity index (χ0n) is 10.6. The molecule has 0 aromatic heterocycles. The van der Waals surface area contributed by atoms with Gasteiger partial charge in [0.15, 0.2) is 0 Å². The lowest BCUT2D eigenvalue weighted by atomic mass is 10.0. The van der Waals surface area contributed by atoms with E-state index in [1.165, 1.54) is 0 Å². The van der Waals surface area contributed by atoms with Crippen molar-refractivity contribution < 1.29 is 9.47 Å². The van der Waals surface area contributed by atoms with Crippen LogP contribution in [0.2, 0.25) is 0 Å². The Morgan fingerprint density at radius 1 is 1.18 bits per heavy atom. The highest BCUT2D eigenvalue weighted by Crippen LogP contribution is 2.19. The van der Waals surface area contributed by atoms with Crippen LogP contribution in [-0.2, 0) is 4.74 Å². The number of hydrazine groups is 1. The Hall–Kier alpha value is -1.10. The molecule has 0 aliphatic carbocycles. The fraction of sp³-hybridized carbons (Fsp3) is 0.538. The first-order valence-electron chi connectivity index (χ1n) is 6.08. The van der Waals surface area contributed by atoms with Crippen molar-refractivity contribution in [1.82, 2.24) is 5.43 Å². The summed E-state index contributed by atoms with van der Waals surface area (Å²) in [4.78, 5) is 0. The van der Waals surface area contributed by atoms with Gasteiger partial charge in [0.05, 0.1) is 6.61 Å². The van der Waals surface area contributed by atoms with Gasteiger partial charge in [-0.25, -0.2) is 0 Å². The summed E-state index contributed by atoms with van der Waals surface area (Å²) in [5.41, 5.74) is 3.96. The lowest BCUT2D eigenvalue weighted by molar-refractivity contribution is 0.136. The number of rotatable bonds is 8. The Morgan fingerprint density at radius 3 is 2.41 bits per heavy atom. The van der Waals surface area contributed by atoms with E-state index in [9.17, 15) is 0 Å². The largest absolute Gasteiger partial charge is 0.494 e. The van der Waals surface area contributed by atoms with Crippen LogP contribution in [0.5, 0.6) is 5.75 Å². The molecule has 1 aromatic rings. The summed E-state index contributed by atoms with van der Waals surface area (Å²) in [6, 6.07) is 8.11. The molecule has 4 nitrogen and oxygen atoms in total. The van der Waals surface area contributed by atoms with E-state index in [-0.39, 0.29) is 6.04 Å². The molecule has 0 bridgehead atoms. The summed E-state index contributed by atoms with van der Waals surface area (Å²) in [6.07, 6.45) is 0.859. The van der Waals surface area contributed by atoms with Gasteiger partial charge in [0, 0.05) is 19.3 Å². The molecule has 0 fully saturated rings. The Morgan fingerprint density at radius 2 is 1.88 bits per heavy atom. The molecular formula is C13H22N2O2. The third-order valence-corrected chi connectivity index (χ3v) is 2.55. The maximum Gasteiger partial charge on any atom is 0.119 e. The van der Waals surface area contributed by atoms with E-state index in [1.54, 1.807) is 0 Å². The van der Waals surface area contributed by atoms with E-state index in [4.69, 9.17) is 15.3 Å². The molecule has 0 radical (unpaired) electrons. The SMILES string of the molecule is CCOCCC(NN)c1ccc(OCC)cc1. The minimum atomic E-state index is 0.122. The lowest BCUT2D eigenvalue weighted by Crippen LogP contribution is -2.29. The number of hydrogen-bond acceptors (Lipinski definition) is 4. The van der Waals surface area contributed by atoms with Crippen LogP contribution in [0.1, 0.15) is 31.9 Å². The Balaban J connectivity index is 2.55. The highest BCUT2D eigenvalue weighted by Gasteiger charge is 2.09. The van der Waals surface area contributed by atoms with Gasteiger partial charge in [-0.1, -0.05) is 12.1 Å². The Bertz CT molecular complexity index is 301. The van der Waals surface area contributed by atoms with Crippen LogP contribution < -0.4 is 16.0 Å². The molecule has 0 saturated heterocycles. The highest BCUT2D eigenvalue weighted by molar-refractivity contribution is 5.29. The van der Waals surface area contributed by atoms with Crippen LogP contribution in [-0.4, -0.2) is 19.8 Å². The average Bonchev–Trinajstić information content (AvgIpc) is 2.36. The third kappa shape index (κ3) is 4.73. The third-order valence-electron chi connectivity index (χ3n) is 2.55. The van der Waals surface area contributed by atoms with Crippen molar-refractivity contribution >= 4 is 0 Å². The van der Waals surface area contributed by atoms with Gasteiger partial charge in [-0.05, 0) is 38.0 Å².